The van der Waals surface area contributed by atoms with Gasteiger partial charge >= 0.3 is 11.6 Å². The molecule has 0 saturated carbocycles. The van der Waals surface area contributed by atoms with E-state index in [4.69, 9.17) is 8.83 Å². The van der Waals surface area contributed by atoms with Crippen molar-refractivity contribution in [1.29, 1.82) is 0 Å². The van der Waals surface area contributed by atoms with Crippen LogP contribution in [-0.4, -0.2) is 28.0 Å². The maximum absolute atomic E-state index is 13.5. The standard InChI is InChI=1S/C32H25FN2O6/c1-16-22-12-24-25(18-7-9-20(33)10-8-18)15-40-29(24)17(2)30(22)41-32(39)23(16)13-28(36)35-27(31(37)38)11-19-14-34-26-6-4-3-5-21(19)26/h3-10,12,14-15,27,34H,11,13H2,1-2H3,(H,35,36)(H,37,38). The summed E-state index contributed by atoms with van der Waals surface area (Å²) in [7, 11) is 0. The Bertz CT molecular complexity index is 2030. The van der Waals surface area contributed by atoms with Crippen LogP contribution < -0.4 is 10.9 Å². The summed E-state index contributed by atoms with van der Waals surface area (Å²) in [6.07, 6.45) is 3.02. The number of carboxylic acid groups (broad SMARTS) is 1. The molecule has 41 heavy (non-hydrogen) atoms. The van der Waals surface area contributed by atoms with Gasteiger partial charge in [0.15, 0.2) is 0 Å². The molecule has 0 fully saturated rings. The number of hydrogen-bond acceptors (Lipinski definition) is 5. The molecule has 3 N–H and O–H groups in total. The zero-order chi connectivity index (χ0) is 28.8. The van der Waals surface area contributed by atoms with Gasteiger partial charge in [0.2, 0.25) is 5.91 Å². The van der Waals surface area contributed by atoms with Gasteiger partial charge in [0.1, 0.15) is 23.0 Å². The minimum absolute atomic E-state index is 0.0697. The zero-order valence-electron chi connectivity index (χ0n) is 22.2. The summed E-state index contributed by atoms with van der Waals surface area (Å²) in [6.45, 7) is 3.50. The molecule has 0 radical (unpaired) electrons. The number of para-hydroxylation sites is 1. The average Bonchev–Trinajstić information content (AvgIpc) is 3.56. The first-order chi connectivity index (χ1) is 19.7. The van der Waals surface area contributed by atoms with E-state index in [1.165, 1.54) is 12.1 Å². The average molecular weight is 553 g/mol. The van der Waals surface area contributed by atoms with E-state index in [9.17, 15) is 23.9 Å². The van der Waals surface area contributed by atoms with Crippen molar-refractivity contribution in [2.24, 2.45) is 0 Å². The number of carbonyl (C=O) groups is 2. The van der Waals surface area contributed by atoms with Crippen LogP contribution in [0, 0.1) is 19.7 Å². The van der Waals surface area contributed by atoms with Crippen LogP contribution >= 0.6 is 0 Å². The Morgan fingerprint density at radius 1 is 1.00 bits per heavy atom. The molecular weight excluding hydrogens is 527 g/mol. The van der Waals surface area contributed by atoms with E-state index in [-0.39, 0.29) is 24.2 Å². The van der Waals surface area contributed by atoms with Gasteiger partial charge in [-0.1, -0.05) is 30.3 Å². The summed E-state index contributed by atoms with van der Waals surface area (Å²) in [4.78, 5) is 41.2. The lowest BCUT2D eigenvalue weighted by molar-refractivity contribution is -0.141. The summed E-state index contributed by atoms with van der Waals surface area (Å²) in [5, 5.41) is 14.6. The molecule has 1 atom stereocenters. The minimum atomic E-state index is -1.19. The van der Waals surface area contributed by atoms with Crippen LogP contribution in [0.25, 0.3) is 44.0 Å². The Kier molecular flexibility index (Phi) is 6.42. The first kappa shape index (κ1) is 26.1. The Morgan fingerprint density at radius 3 is 2.51 bits per heavy atom. The maximum Gasteiger partial charge on any atom is 0.340 e. The first-order valence-electron chi connectivity index (χ1n) is 13.0. The second-order valence-corrected chi connectivity index (χ2v) is 10.1. The number of fused-ring (bicyclic) bond motifs is 3. The number of nitrogens with one attached hydrogen (secondary N) is 2. The molecule has 1 unspecified atom stereocenters. The molecule has 0 aliphatic carbocycles. The highest BCUT2D eigenvalue weighted by Crippen LogP contribution is 2.37. The van der Waals surface area contributed by atoms with Crippen molar-refractivity contribution >= 4 is 44.7 Å². The highest BCUT2D eigenvalue weighted by Gasteiger charge is 2.25. The van der Waals surface area contributed by atoms with Crippen LogP contribution in [0.5, 0.6) is 0 Å². The van der Waals surface area contributed by atoms with Crippen molar-refractivity contribution in [2.45, 2.75) is 32.7 Å². The Hall–Kier alpha value is -5.18. The van der Waals surface area contributed by atoms with Crippen molar-refractivity contribution in [3.05, 3.63) is 106 Å². The number of carboxylic acids is 1. The monoisotopic (exact) mass is 552 g/mol. The molecule has 0 saturated heterocycles. The quantitative estimate of drug-likeness (QED) is 0.215. The van der Waals surface area contributed by atoms with Gasteiger partial charge in [-0.15, -0.1) is 0 Å². The molecule has 1 amide bonds. The van der Waals surface area contributed by atoms with Crippen molar-refractivity contribution in [1.82, 2.24) is 10.3 Å². The fraction of sp³-hybridized carbons (Fsp3) is 0.156. The SMILES string of the molecule is Cc1c(CC(=O)NC(Cc2c[nH]c3ccccc23)C(=O)O)c(=O)oc2c(C)c3occ(-c4ccc(F)cc4)c3cc12. The molecule has 206 valence electrons. The molecule has 3 aromatic carbocycles. The molecule has 0 aliphatic rings. The van der Waals surface area contributed by atoms with Crippen molar-refractivity contribution in [3.8, 4) is 11.1 Å². The van der Waals surface area contributed by atoms with Crippen LogP contribution in [0.3, 0.4) is 0 Å². The van der Waals surface area contributed by atoms with Gasteiger partial charge in [-0.05, 0) is 54.8 Å². The highest BCUT2D eigenvalue weighted by molar-refractivity contribution is 6.05. The maximum atomic E-state index is 13.5. The number of carbonyl (C=O) groups excluding carboxylic acids is 1. The number of aryl methyl sites for hydroxylation is 2. The molecule has 3 aromatic heterocycles. The molecule has 0 spiro atoms. The third-order valence-corrected chi connectivity index (χ3v) is 7.57. The lowest BCUT2D eigenvalue weighted by atomic mass is 9.97. The second kappa shape index (κ2) is 10.1. The van der Waals surface area contributed by atoms with Crippen LogP contribution in [0.2, 0.25) is 0 Å². The normalized spacial score (nSPS) is 12.3. The second-order valence-electron chi connectivity index (χ2n) is 10.1. The summed E-state index contributed by atoms with van der Waals surface area (Å²) in [5.74, 6) is -2.15. The molecule has 0 bridgehead atoms. The Morgan fingerprint density at radius 2 is 1.76 bits per heavy atom. The molecule has 6 aromatic rings. The number of aliphatic carboxylic acids is 1. The lowest BCUT2D eigenvalue weighted by Crippen LogP contribution is -2.43. The number of hydrogen-bond donors (Lipinski definition) is 3. The number of halogens is 1. The van der Waals surface area contributed by atoms with E-state index in [0.717, 1.165) is 33.0 Å². The zero-order valence-corrected chi connectivity index (χ0v) is 22.2. The third-order valence-electron chi connectivity index (χ3n) is 7.57. The van der Waals surface area contributed by atoms with Gasteiger partial charge in [-0.25, -0.2) is 14.0 Å². The number of H-pyrrole nitrogens is 1. The fourth-order valence-corrected chi connectivity index (χ4v) is 5.38. The summed E-state index contributed by atoms with van der Waals surface area (Å²) in [6, 6.07) is 14.2. The van der Waals surface area contributed by atoms with Gasteiger partial charge in [0.05, 0.1) is 18.2 Å². The minimum Gasteiger partial charge on any atom is -0.480 e. The smallest absolute Gasteiger partial charge is 0.340 e. The van der Waals surface area contributed by atoms with Crippen LogP contribution in [0.1, 0.15) is 22.3 Å². The van der Waals surface area contributed by atoms with E-state index in [1.807, 2.05) is 30.3 Å². The van der Waals surface area contributed by atoms with Crippen molar-refractivity contribution in [2.75, 3.05) is 0 Å². The Balaban J connectivity index is 1.33. The third kappa shape index (κ3) is 4.65. The van der Waals surface area contributed by atoms with Gasteiger partial charge in [0.25, 0.3) is 0 Å². The van der Waals surface area contributed by atoms with E-state index < -0.39 is 23.5 Å². The van der Waals surface area contributed by atoms with Crippen molar-refractivity contribution in [3.63, 3.8) is 0 Å². The van der Waals surface area contributed by atoms with E-state index >= 15 is 0 Å². The number of benzene rings is 3. The molecule has 0 aliphatic heterocycles. The number of aromatic nitrogens is 1. The topological polar surface area (TPSA) is 126 Å². The number of aromatic amines is 1. The number of rotatable bonds is 7. The largest absolute Gasteiger partial charge is 0.480 e. The fourth-order valence-electron chi connectivity index (χ4n) is 5.38. The van der Waals surface area contributed by atoms with E-state index in [1.54, 1.807) is 38.4 Å². The first-order valence-corrected chi connectivity index (χ1v) is 13.0. The van der Waals surface area contributed by atoms with E-state index in [0.29, 0.717) is 27.7 Å². The summed E-state index contributed by atoms with van der Waals surface area (Å²) < 4.78 is 25.0. The van der Waals surface area contributed by atoms with Gasteiger partial charge in [0, 0.05) is 45.4 Å². The number of amides is 1. The highest BCUT2D eigenvalue weighted by atomic mass is 19.1. The predicted octanol–water partition coefficient (Wildman–Crippen LogP) is 5.80. The summed E-state index contributed by atoms with van der Waals surface area (Å²) in [5.41, 5.74) is 4.62. The predicted molar refractivity (Wildman–Crippen MR) is 152 cm³/mol. The molecule has 3 heterocycles. The van der Waals surface area contributed by atoms with Crippen LogP contribution in [0.15, 0.2) is 80.7 Å². The molecule has 6 rings (SSSR count). The number of furan rings is 1. The van der Waals surface area contributed by atoms with Gasteiger partial charge in [-0.2, -0.15) is 0 Å². The van der Waals surface area contributed by atoms with Gasteiger partial charge < -0.3 is 24.2 Å². The Labute approximate surface area is 232 Å². The molecule has 8 nitrogen and oxygen atoms in total. The van der Waals surface area contributed by atoms with E-state index in [2.05, 4.69) is 10.3 Å². The lowest BCUT2D eigenvalue weighted by Gasteiger charge is -2.15. The summed E-state index contributed by atoms with van der Waals surface area (Å²) >= 11 is 0. The van der Waals surface area contributed by atoms with Gasteiger partial charge in [-0.3, -0.25) is 4.79 Å². The van der Waals surface area contributed by atoms with Crippen LogP contribution in [0.4, 0.5) is 4.39 Å². The van der Waals surface area contributed by atoms with Crippen LogP contribution in [-0.2, 0) is 22.4 Å². The molecular formula is C32H25FN2O6. The molecule has 9 heteroatoms. The van der Waals surface area contributed by atoms with Crippen molar-refractivity contribution < 1.29 is 27.9 Å².